The molecule has 0 spiro atoms. The van der Waals surface area contributed by atoms with Crippen molar-refractivity contribution in [2.24, 2.45) is 0 Å². The van der Waals surface area contributed by atoms with Crippen LogP contribution in [0.2, 0.25) is 0 Å². The van der Waals surface area contributed by atoms with Crippen molar-refractivity contribution in [3.8, 4) is 0 Å². The average molecular weight is 276 g/mol. The number of carbonyl (C=O) groups excluding carboxylic acids is 1. The molecule has 7 heteroatoms. The fourth-order valence-corrected chi connectivity index (χ4v) is 2.04. The normalized spacial score (nSPS) is 10.7. The molecule has 0 saturated carbocycles. The summed E-state index contributed by atoms with van der Waals surface area (Å²) in [5.41, 5.74) is 7.72. The highest BCUT2D eigenvalue weighted by atomic mass is 16.2. The quantitative estimate of drug-likeness (QED) is 0.764. The lowest BCUT2D eigenvalue weighted by Gasteiger charge is -2.08. The number of carbonyl (C=O) groups is 1. The number of nitrogen functional groups attached to an aromatic ring is 1. The summed E-state index contributed by atoms with van der Waals surface area (Å²) < 4.78 is 3.51. The molecular formula is C13H20N6O. The third-order valence-electron chi connectivity index (χ3n) is 3.14. The van der Waals surface area contributed by atoms with Gasteiger partial charge in [0.1, 0.15) is 5.69 Å². The zero-order valence-electron chi connectivity index (χ0n) is 11.8. The predicted octanol–water partition coefficient (Wildman–Crippen LogP) is 0.810. The van der Waals surface area contributed by atoms with Gasteiger partial charge >= 0.3 is 0 Å². The number of anilines is 1. The zero-order chi connectivity index (χ0) is 14.5. The van der Waals surface area contributed by atoms with E-state index in [1.54, 1.807) is 10.9 Å². The first-order valence-corrected chi connectivity index (χ1v) is 6.71. The zero-order valence-corrected chi connectivity index (χ0v) is 11.8. The van der Waals surface area contributed by atoms with Gasteiger partial charge in [0.25, 0.3) is 5.91 Å². The monoisotopic (exact) mass is 276 g/mol. The van der Waals surface area contributed by atoms with Gasteiger partial charge in [-0.2, -0.15) is 10.2 Å². The molecule has 0 aromatic carbocycles. The van der Waals surface area contributed by atoms with Gasteiger partial charge in [0.05, 0.1) is 11.9 Å². The Hall–Kier alpha value is -2.31. The van der Waals surface area contributed by atoms with E-state index in [9.17, 15) is 4.79 Å². The van der Waals surface area contributed by atoms with Gasteiger partial charge in [-0.15, -0.1) is 0 Å². The van der Waals surface area contributed by atoms with Gasteiger partial charge in [-0.1, -0.05) is 0 Å². The van der Waals surface area contributed by atoms with Crippen molar-refractivity contribution < 1.29 is 4.79 Å². The van der Waals surface area contributed by atoms with Crippen molar-refractivity contribution in [2.45, 2.75) is 33.4 Å². The van der Waals surface area contributed by atoms with E-state index >= 15 is 0 Å². The highest BCUT2D eigenvalue weighted by Crippen LogP contribution is 2.10. The fraction of sp³-hybridized carbons (Fsp3) is 0.462. The van der Waals surface area contributed by atoms with Crippen molar-refractivity contribution in [3.05, 3.63) is 29.8 Å². The molecule has 0 aliphatic rings. The number of rotatable bonds is 6. The summed E-state index contributed by atoms with van der Waals surface area (Å²) in [4.78, 5) is 12.1. The Labute approximate surface area is 117 Å². The summed E-state index contributed by atoms with van der Waals surface area (Å²) in [5.74, 6) is -0.181. The minimum Gasteiger partial charge on any atom is -0.396 e. The number of aromatic nitrogens is 4. The molecule has 0 aliphatic heterocycles. The molecule has 2 aromatic heterocycles. The van der Waals surface area contributed by atoms with Crippen molar-refractivity contribution in [1.29, 1.82) is 0 Å². The minimum absolute atomic E-state index is 0.181. The average Bonchev–Trinajstić information content (AvgIpc) is 3.00. The van der Waals surface area contributed by atoms with Crippen LogP contribution in [0.5, 0.6) is 0 Å². The van der Waals surface area contributed by atoms with E-state index in [-0.39, 0.29) is 5.91 Å². The smallest absolute Gasteiger partial charge is 0.271 e. The molecular weight excluding hydrogens is 256 g/mol. The molecule has 0 bridgehead atoms. The Morgan fingerprint density at radius 2 is 2.20 bits per heavy atom. The van der Waals surface area contributed by atoms with Crippen LogP contribution < -0.4 is 11.1 Å². The Bertz CT molecular complexity index is 585. The highest BCUT2D eigenvalue weighted by Gasteiger charge is 2.15. The molecule has 7 nitrogen and oxygen atoms in total. The molecule has 0 fully saturated rings. The number of amides is 1. The first kappa shape index (κ1) is 14.1. The van der Waals surface area contributed by atoms with Crippen LogP contribution in [0.1, 0.15) is 29.5 Å². The Balaban J connectivity index is 1.83. The second-order valence-electron chi connectivity index (χ2n) is 4.57. The standard InChI is InChI=1S/C13H20N6O/c1-3-18-12(11(14)9-17-18)13(20)15-6-4-8-19-10(2)5-7-16-19/h5,7,9H,3-4,6,8,14H2,1-2H3,(H,15,20). The lowest BCUT2D eigenvalue weighted by atomic mass is 10.3. The SMILES string of the molecule is CCn1ncc(N)c1C(=O)NCCCn1nccc1C. The number of aryl methyl sites for hydroxylation is 3. The summed E-state index contributed by atoms with van der Waals surface area (Å²) in [6, 6.07) is 1.96. The molecule has 0 aliphatic carbocycles. The summed E-state index contributed by atoms with van der Waals surface area (Å²) >= 11 is 0. The lowest BCUT2D eigenvalue weighted by molar-refractivity contribution is 0.0943. The van der Waals surface area contributed by atoms with E-state index in [4.69, 9.17) is 5.73 Å². The van der Waals surface area contributed by atoms with Gasteiger partial charge in [-0.3, -0.25) is 14.2 Å². The Morgan fingerprint density at radius 3 is 2.85 bits per heavy atom. The fourth-order valence-electron chi connectivity index (χ4n) is 2.04. The topological polar surface area (TPSA) is 90.8 Å². The van der Waals surface area contributed by atoms with E-state index in [0.29, 0.717) is 24.5 Å². The van der Waals surface area contributed by atoms with Crippen LogP contribution in [-0.4, -0.2) is 32.0 Å². The second-order valence-corrected chi connectivity index (χ2v) is 4.57. The minimum atomic E-state index is -0.181. The van der Waals surface area contributed by atoms with Gasteiger partial charge in [0, 0.05) is 31.5 Å². The van der Waals surface area contributed by atoms with Gasteiger partial charge < -0.3 is 11.1 Å². The number of nitrogens with two attached hydrogens (primary N) is 1. The van der Waals surface area contributed by atoms with E-state index < -0.39 is 0 Å². The lowest BCUT2D eigenvalue weighted by Crippen LogP contribution is -2.28. The summed E-state index contributed by atoms with van der Waals surface area (Å²) in [6.07, 6.45) is 4.09. The summed E-state index contributed by atoms with van der Waals surface area (Å²) in [6.45, 7) is 5.90. The van der Waals surface area contributed by atoms with Gasteiger partial charge in [-0.25, -0.2) is 0 Å². The van der Waals surface area contributed by atoms with Crippen molar-refractivity contribution in [2.75, 3.05) is 12.3 Å². The molecule has 2 rings (SSSR count). The summed E-state index contributed by atoms with van der Waals surface area (Å²) in [5, 5.41) is 11.1. The first-order chi connectivity index (χ1) is 9.63. The highest BCUT2D eigenvalue weighted by molar-refractivity contribution is 5.97. The van der Waals surface area contributed by atoms with E-state index in [2.05, 4.69) is 15.5 Å². The molecule has 3 N–H and O–H groups in total. The van der Waals surface area contributed by atoms with Crippen LogP contribution in [0.15, 0.2) is 18.5 Å². The van der Waals surface area contributed by atoms with Crippen molar-refractivity contribution >= 4 is 11.6 Å². The molecule has 2 aromatic rings. The number of hydrogen-bond acceptors (Lipinski definition) is 4. The predicted molar refractivity (Wildman–Crippen MR) is 76.2 cm³/mol. The van der Waals surface area contributed by atoms with E-state index in [1.165, 1.54) is 6.20 Å². The van der Waals surface area contributed by atoms with Crippen LogP contribution in [0.3, 0.4) is 0 Å². The first-order valence-electron chi connectivity index (χ1n) is 6.71. The number of hydrogen-bond donors (Lipinski definition) is 2. The number of nitrogens with zero attached hydrogens (tertiary/aromatic N) is 4. The van der Waals surface area contributed by atoms with Crippen LogP contribution in [0.4, 0.5) is 5.69 Å². The maximum Gasteiger partial charge on any atom is 0.271 e. The van der Waals surface area contributed by atoms with Crippen LogP contribution >= 0.6 is 0 Å². The van der Waals surface area contributed by atoms with Gasteiger partial charge in [-0.05, 0) is 26.3 Å². The summed E-state index contributed by atoms with van der Waals surface area (Å²) in [7, 11) is 0. The van der Waals surface area contributed by atoms with E-state index in [1.807, 2.05) is 24.6 Å². The Kier molecular flexibility index (Phi) is 4.39. The van der Waals surface area contributed by atoms with Gasteiger partial charge in [0.2, 0.25) is 0 Å². The van der Waals surface area contributed by atoms with Crippen molar-refractivity contribution in [3.63, 3.8) is 0 Å². The maximum absolute atomic E-state index is 12.1. The molecule has 2 heterocycles. The third-order valence-corrected chi connectivity index (χ3v) is 3.14. The molecule has 0 radical (unpaired) electrons. The molecule has 108 valence electrons. The van der Waals surface area contributed by atoms with Crippen LogP contribution in [-0.2, 0) is 13.1 Å². The molecule has 0 atom stereocenters. The van der Waals surface area contributed by atoms with Crippen LogP contribution in [0, 0.1) is 6.92 Å². The largest absolute Gasteiger partial charge is 0.396 e. The third kappa shape index (κ3) is 2.98. The second kappa shape index (κ2) is 6.23. The molecule has 1 amide bonds. The van der Waals surface area contributed by atoms with Crippen LogP contribution in [0.25, 0.3) is 0 Å². The van der Waals surface area contributed by atoms with Gasteiger partial charge in [0.15, 0.2) is 0 Å². The molecule has 20 heavy (non-hydrogen) atoms. The maximum atomic E-state index is 12.1. The van der Waals surface area contributed by atoms with E-state index in [0.717, 1.165) is 18.7 Å². The molecule has 0 unspecified atom stereocenters. The molecule has 0 saturated heterocycles. The number of nitrogens with one attached hydrogen (secondary N) is 1. The van der Waals surface area contributed by atoms with Crippen molar-refractivity contribution in [1.82, 2.24) is 24.9 Å². The Morgan fingerprint density at radius 1 is 1.40 bits per heavy atom.